The van der Waals surface area contributed by atoms with Crippen LogP contribution in [0.5, 0.6) is 0 Å². The van der Waals surface area contributed by atoms with Gasteiger partial charge in [0.25, 0.3) is 15.9 Å². The average molecular weight is 422 g/mol. The summed E-state index contributed by atoms with van der Waals surface area (Å²) in [5, 5.41) is 0. The molecule has 7 heteroatoms. The Hall–Kier alpha value is -3.19. The van der Waals surface area contributed by atoms with Crippen LogP contribution in [0.25, 0.3) is 11.1 Å². The summed E-state index contributed by atoms with van der Waals surface area (Å²) in [7, 11) is -3.98. The number of carbonyl (C=O) groups is 1. The lowest BCUT2D eigenvalue weighted by molar-refractivity contribution is 0.0981. The second-order valence-electron chi connectivity index (χ2n) is 7.57. The number of rotatable bonds is 5. The van der Waals surface area contributed by atoms with Crippen LogP contribution in [0.3, 0.4) is 0 Å². The Labute approximate surface area is 176 Å². The minimum atomic E-state index is -3.98. The molecule has 0 aliphatic carbocycles. The molecule has 30 heavy (non-hydrogen) atoms. The van der Waals surface area contributed by atoms with Crippen molar-refractivity contribution in [2.24, 2.45) is 5.92 Å². The average Bonchev–Trinajstić information content (AvgIpc) is 3.21. The predicted octanol–water partition coefficient (Wildman–Crippen LogP) is 3.71. The molecular formula is C23H23N3O3S. The lowest BCUT2D eigenvalue weighted by atomic mass is 10.1. The Morgan fingerprint density at radius 3 is 2.40 bits per heavy atom. The van der Waals surface area contributed by atoms with Gasteiger partial charge < -0.3 is 4.90 Å². The van der Waals surface area contributed by atoms with Gasteiger partial charge in [-0.25, -0.2) is 18.1 Å². The van der Waals surface area contributed by atoms with Gasteiger partial charge in [-0.05, 0) is 47.7 Å². The molecule has 1 saturated heterocycles. The molecule has 154 valence electrons. The van der Waals surface area contributed by atoms with Crippen molar-refractivity contribution >= 4 is 21.7 Å². The molecule has 1 aliphatic heterocycles. The highest BCUT2D eigenvalue weighted by Gasteiger charge is 2.22. The maximum atomic E-state index is 12.7. The molecular weight excluding hydrogens is 398 g/mol. The summed E-state index contributed by atoms with van der Waals surface area (Å²) < 4.78 is 27.5. The summed E-state index contributed by atoms with van der Waals surface area (Å²) >= 11 is 0. The van der Waals surface area contributed by atoms with Gasteiger partial charge in [-0.15, -0.1) is 0 Å². The monoisotopic (exact) mass is 421 g/mol. The van der Waals surface area contributed by atoms with Crippen molar-refractivity contribution in [1.29, 1.82) is 0 Å². The summed E-state index contributed by atoms with van der Waals surface area (Å²) in [6, 6.07) is 19.3. The maximum absolute atomic E-state index is 12.7. The van der Waals surface area contributed by atoms with Crippen LogP contribution in [0.2, 0.25) is 0 Å². The molecule has 0 saturated carbocycles. The molecule has 1 atom stereocenters. The predicted molar refractivity (Wildman–Crippen MR) is 117 cm³/mol. The molecule has 3 aromatic rings. The lowest BCUT2D eigenvalue weighted by Crippen LogP contribution is -2.31. The van der Waals surface area contributed by atoms with Gasteiger partial charge in [0, 0.05) is 24.8 Å². The zero-order valence-electron chi connectivity index (χ0n) is 16.7. The molecule has 1 fully saturated rings. The number of nitrogens with one attached hydrogen (secondary N) is 1. The van der Waals surface area contributed by atoms with Crippen molar-refractivity contribution in [2.45, 2.75) is 18.2 Å². The number of hydrogen-bond donors (Lipinski definition) is 1. The van der Waals surface area contributed by atoms with Crippen LogP contribution in [0.15, 0.2) is 77.8 Å². The molecule has 1 aliphatic rings. The molecule has 0 bridgehead atoms. The lowest BCUT2D eigenvalue weighted by Gasteiger charge is -2.17. The van der Waals surface area contributed by atoms with Crippen LogP contribution < -0.4 is 9.62 Å². The summed E-state index contributed by atoms with van der Waals surface area (Å²) in [6.45, 7) is 3.93. The number of hydrogen-bond acceptors (Lipinski definition) is 5. The largest absolute Gasteiger partial charge is 0.356 e. The van der Waals surface area contributed by atoms with Crippen molar-refractivity contribution in [3.63, 3.8) is 0 Å². The van der Waals surface area contributed by atoms with Gasteiger partial charge in [-0.2, -0.15) is 0 Å². The van der Waals surface area contributed by atoms with Crippen molar-refractivity contribution < 1.29 is 13.2 Å². The third-order valence-electron chi connectivity index (χ3n) is 5.25. The minimum Gasteiger partial charge on any atom is -0.356 e. The van der Waals surface area contributed by atoms with E-state index in [1.807, 2.05) is 30.3 Å². The fourth-order valence-electron chi connectivity index (χ4n) is 3.57. The van der Waals surface area contributed by atoms with Crippen LogP contribution in [0, 0.1) is 5.92 Å². The number of anilines is 1. The van der Waals surface area contributed by atoms with Gasteiger partial charge >= 0.3 is 0 Å². The Morgan fingerprint density at radius 1 is 1.03 bits per heavy atom. The van der Waals surface area contributed by atoms with E-state index >= 15 is 0 Å². The standard InChI is InChI=1S/C23H23N3O3S/c1-17-12-14-26(16-17)22-15-20(11-13-24-22)23(27)25-30(28,29)21-9-7-19(8-10-21)18-5-3-2-4-6-18/h2-11,13,15,17H,12,14,16H2,1H3,(H,25,27). The molecule has 4 rings (SSSR count). The summed E-state index contributed by atoms with van der Waals surface area (Å²) in [5.74, 6) is 0.596. The number of amides is 1. The summed E-state index contributed by atoms with van der Waals surface area (Å²) in [5.41, 5.74) is 2.16. The third kappa shape index (κ3) is 4.36. The fourth-order valence-corrected chi connectivity index (χ4v) is 4.55. The van der Waals surface area contributed by atoms with Gasteiger partial charge in [-0.3, -0.25) is 4.79 Å². The minimum absolute atomic E-state index is 0.0400. The van der Waals surface area contributed by atoms with E-state index in [1.165, 1.54) is 24.4 Å². The quantitative estimate of drug-likeness (QED) is 0.679. The van der Waals surface area contributed by atoms with Crippen molar-refractivity contribution in [2.75, 3.05) is 18.0 Å². The third-order valence-corrected chi connectivity index (χ3v) is 6.60. The van der Waals surface area contributed by atoms with E-state index in [0.717, 1.165) is 30.6 Å². The first-order chi connectivity index (χ1) is 14.4. The van der Waals surface area contributed by atoms with Crippen molar-refractivity contribution in [3.05, 3.63) is 78.5 Å². The normalized spacial score (nSPS) is 16.4. The van der Waals surface area contributed by atoms with Gasteiger partial charge in [0.05, 0.1) is 4.90 Å². The number of sulfonamides is 1. The van der Waals surface area contributed by atoms with E-state index in [-0.39, 0.29) is 10.5 Å². The first kappa shape index (κ1) is 20.1. The zero-order chi connectivity index (χ0) is 21.1. The number of pyridine rings is 1. The topological polar surface area (TPSA) is 79.4 Å². The molecule has 1 amide bonds. The molecule has 1 N–H and O–H groups in total. The van der Waals surface area contributed by atoms with E-state index in [4.69, 9.17) is 0 Å². The summed E-state index contributed by atoms with van der Waals surface area (Å²) in [6.07, 6.45) is 2.61. The second-order valence-corrected chi connectivity index (χ2v) is 9.25. The van der Waals surface area contributed by atoms with E-state index in [1.54, 1.807) is 18.2 Å². The highest BCUT2D eigenvalue weighted by Crippen LogP contribution is 2.23. The molecule has 1 unspecified atom stereocenters. The molecule has 0 radical (unpaired) electrons. The van der Waals surface area contributed by atoms with Crippen LogP contribution in [-0.2, 0) is 10.0 Å². The van der Waals surface area contributed by atoms with Crippen LogP contribution >= 0.6 is 0 Å². The molecule has 2 aromatic carbocycles. The highest BCUT2D eigenvalue weighted by atomic mass is 32.2. The SMILES string of the molecule is CC1CCN(c2cc(C(=O)NS(=O)(=O)c3ccc(-c4ccccc4)cc3)ccn2)C1. The molecule has 2 heterocycles. The van der Waals surface area contributed by atoms with Crippen molar-refractivity contribution in [3.8, 4) is 11.1 Å². The van der Waals surface area contributed by atoms with Gasteiger partial charge in [0.15, 0.2) is 0 Å². The van der Waals surface area contributed by atoms with Gasteiger partial charge in [0.1, 0.15) is 5.82 Å². The van der Waals surface area contributed by atoms with Gasteiger partial charge in [0.2, 0.25) is 0 Å². The maximum Gasteiger partial charge on any atom is 0.265 e. The first-order valence-corrected chi connectivity index (χ1v) is 11.3. The molecule has 6 nitrogen and oxygen atoms in total. The van der Waals surface area contributed by atoms with E-state index in [2.05, 4.69) is 21.5 Å². The highest BCUT2D eigenvalue weighted by molar-refractivity contribution is 7.90. The van der Waals surface area contributed by atoms with Crippen LogP contribution in [-0.4, -0.2) is 32.4 Å². The van der Waals surface area contributed by atoms with E-state index < -0.39 is 15.9 Å². The first-order valence-electron chi connectivity index (χ1n) is 9.86. The number of carbonyl (C=O) groups excluding carboxylic acids is 1. The smallest absolute Gasteiger partial charge is 0.265 e. The van der Waals surface area contributed by atoms with Crippen LogP contribution in [0.4, 0.5) is 5.82 Å². The van der Waals surface area contributed by atoms with E-state index in [0.29, 0.717) is 11.7 Å². The fraction of sp³-hybridized carbons (Fsp3) is 0.217. The number of benzene rings is 2. The zero-order valence-corrected chi connectivity index (χ0v) is 17.5. The Kier molecular flexibility index (Phi) is 5.55. The van der Waals surface area contributed by atoms with Crippen LogP contribution in [0.1, 0.15) is 23.7 Å². The Bertz CT molecular complexity index is 1150. The Balaban J connectivity index is 1.50. The van der Waals surface area contributed by atoms with E-state index in [9.17, 15) is 13.2 Å². The molecule has 0 spiro atoms. The number of aromatic nitrogens is 1. The van der Waals surface area contributed by atoms with Crippen molar-refractivity contribution in [1.82, 2.24) is 9.71 Å². The number of nitrogens with zero attached hydrogens (tertiary/aromatic N) is 2. The Morgan fingerprint density at radius 2 is 1.73 bits per heavy atom. The second kappa shape index (κ2) is 8.28. The molecule has 1 aromatic heterocycles. The summed E-state index contributed by atoms with van der Waals surface area (Å²) in [4.78, 5) is 19.1. The van der Waals surface area contributed by atoms with Gasteiger partial charge in [-0.1, -0.05) is 49.4 Å².